The van der Waals surface area contributed by atoms with Crippen LogP contribution in [-0.4, -0.2) is 15.9 Å². The van der Waals surface area contributed by atoms with Crippen molar-refractivity contribution >= 4 is 5.91 Å². The minimum absolute atomic E-state index is 0.417. The van der Waals surface area contributed by atoms with E-state index in [0.29, 0.717) is 13.0 Å². The second-order valence-electron chi connectivity index (χ2n) is 6.57. The molecule has 0 aliphatic carbocycles. The summed E-state index contributed by atoms with van der Waals surface area (Å²) in [6, 6.07) is 15.7. The predicted octanol–water partition coefficient (Wildman–Crippen LogP) is 2.75. The first-order valence-corrected chi connectivity index (χ1v) is 9.06. The molecule has 2 aromatic heterocycles. The van der Waals surface area contributed by atoms with Crippen molar-refractivity contribution in [3.05, 3.63) is 95.6 Å². The summed E-state index contributed by atoms with van der Waals surface area (Å²) in [5.74, 6) is -0.417. The molecule has 3 aromatic rings. The molecule has 5 heteroatoms. The smallest absolute Gasteiger partial charge is 0.242 e. The molecule has 1 unspecified atom stereocenters. The van der Waals surface area contributed by atoms with Crippen LogP contribution in [0.2, 0.25) is 0 Å². The van der Waals surface area contributed by atoms with Gasteiger partial charge in [-0.05, 0) is 40.8 Å². The number of pyridine rings is 2. The third-order valence-electron chi connectivity index (χ3n) is 4.78. The van der Waals surface area contributed by atoms with Gasteiger partial charge in [-0.2, -0.15) is 0 Å². The van der Waals surface area contributed by atoms with Gasteiger partial charge in [-0.15, -0.1) is 0 Å². The van der Waals surface area contributed by atoms with Crippen LogP contribution in [0, 0.1) is 0 Å². The summed E-state index contributed by atoms with van der Waals surface area (Å²) in [5.41, 5.74) is 8.90. The average molecular weight is 360 g/mol. The van der Waals surface area contributed by atoms with E-state index in [2.05, 4.69) is 22.2 Å². The molecule has 0 aliphatic rings. The zero-order valence-electron chi connectivity index (χ0n) is 15.4. The van der Waals surface area contributed by atoms with Crippen LogP contribution in [0.1, 0.15) is 29.2 Å². The van der Waals surface area contributed by atoms with Gasteiger partial charge >= 0.3 is 0 Å². The number of benzene rings is 1. The number of hydrogen-bond donors (Lipinski definition) is 2. The number of rotatable bonds is 8. The molecule has 3 N–H and O–H groups in total. The number of aryl methyl sites for hydroxylation is 1. The molecule has 0 saturated carbocycles. The van der Waals surface area contributed by atoms with Gasteiger partial charge in [0.25, 0.3) is 0 Å². The molecule has 0 bridgehead atoms. The highest BCUT2D eigenvalue weighted by Gasteiger charge is 2.38. The van der Waals surface area contributed by atoms with Gasteiger partial charge in [0, 0.05) is 37.8 Å². The third-order valence-corrected chi connectivity index (χ3v) is 4.78. The number of aromatic nitrogens is 2. The molecule has 5 nitrogen and oxygen atoms in total. The van der Waals surface area contributed by atoms with E-state index >= 15 is 0 Å². The van der Waals surface area contributed by atoms with E-state index in [-0.39, 0.29) is 0 Å². The van der Waals surface area contributed by atoms with Crippen LogP contribution in [0.5, 0.6) is 0 Å². The Morgan fingerprint density at radius 3 is 2.11 bits per heavy atom. The molecule has 0 fully saturated rings. The first-order chi connectivity index (χ1) is 13.1. The Morgan fingerprint density at radius 2 is 1.59 bits per heavy atom. The van der Waals surface area contributed by atoms with Crippen LogP contribution in [0.25, 0.3) is 0 Å². The van der Waals surface area contributed by atoms with E-state index in [9.17, 15) is 4.79 Å². The van der Waals surface area contributed by atoms with Crippen molar-refractivity contribution in [3.63, 3.8) is 0 Å². The fourth-order valence-electron chi connectivity index (χ4n) is 3.17. The average Bonchev–Trinajstić information content (AvgIpc) is 2.72. The van der Waals surface area contributed by atoms with Crippen LogP contribution in [-0.2, 0) is 29.7 Å². The lowest BCUT2D eigenvalue weighted by atomic mass is 9.82. The van der Waals surface area contributed by atoms with E-state index in [1.54, 1.807) is 24.8 Å². The summed E-state index contributed by atoms with van der Waals surface area (Å²) >= 11 is 0. The topological polar surface area (TPSA) is 80.9 Å². The van der Waals surface area contributed by atoms with Gasteiger partial charge < -0.3 is 5.73 Å². The summed E-state index contributed by atoms with van der Waals surface area (Å²) in [6.45, 7) is 2.58. The maximum absolute atomic E-state index is 12.7. The Bertz CT molecular complexity index is 866. The number of primary amides is 1. The van der Waals surface area contributed by atoms with Crippen molar-refractivity contribution in [2.75, 3.05) is 0 Å². The number of nitrogens with two attached hydrogens (primary N) is 1. The Morgan fingerprint density at radius 1 is 0.963 bits per heavy atom. The largest absolute Gasteiger partial charge is 0.368 e. The maximum atomic E-state index is 12.7. The molecule has 1 aromatic carbocycles. The molecule has 0 aliphatic heterocycles. The zero-order valence-corrected chi connectivity index (χ0v) is 15.4. The Kier molecular flexibility index (Phi) is 5.94. The van der Waals surface area contributed by atoms with Crippen molar-refractivity contribution in [2.24, 2.45) is 5.73 Å². The fraction of sp³-hybridized carbons (Fsp3) is 0.227. The van der Waals surface area contributed by atoms with Crippen molar-refractivity contribution < 1.29 is 4.79 Å². The van der Waals surface area contributed by atoms with E-state index in [4.69, 9.17) is 5.73 Å². The molecule has 27 heavy (non-hydrogen) atoms. The van der Waals surface area contributed by atoms with Gasteiger partial charge in [-0.25, -0.2) is 0 Å². The SMILES string of the molecule is CCc1ccc(C(Cc2cccnc2)(NCc2cccnc2)C(N)=O)cc1. The van der Waals surface area contributed by atoms with Crippen LogP contribution >= 0.6 is 0 Å². The second kappa shape index (κ2) is 8.56. The predicted molar refractivity (Wildman–Crippen MR) is 106 cm³/mol. The van der Waals surface area contributed by atoms with E-state index in [1.165, 1.54) is 5.56 Å². The number of nitrogens with one attached hydrogen (secondary N) is 1. The molecule has 0 radical (unpaired) electrons. The highest BCUT2D eigenvalue weighted by atomic mass is 16.1. The Balaban J connectivity index is 1.99. The summed E-state index contributed by atoms with van der Waals surface area (Å²) in [4.78, 5) is 21.0. The van der Waals surface area contributed by atoms with Crippen LogP contribution in [0.15, 0.2) is 73.3 Å². The lowest BCUT2D eigenvalue weighted by Crippen LogP contribution is -2.54. The minimum Gasteiger partial charge on any atom is -0.368 e. The lowest BCUT2D eigenvalue weighted by molar-refractivity contribution is -0.125. The van der Waals surface area contributed by atoms with Gasteiger partial charge in [-0.1, -0.05) is 43.3 Å². The number of nitrogens with zero attached hydrogens (tertiary/aromatic N) is 2. The van der Waals surface area contributed by atoms with Gasteiger partial charge in [0.05, 0.1) is 0 Å². The Labute approximate surface area is 159 Å². The van der Waals surface area contributed by atoms with Gasteiger partial charge in [0.1, 0.15) is 5.54 Å². The minimum atomic E-state index is -1.04. The van der Waals surface area contributed by atoms with Crippen LogP contribution in [0.4, 0.5) is 0 Å². The number of carbonyl (C=O) groups excluding carboxylic acids is 1. The van der Waals surface area contributed by atoms with Crippen molar-refractivity contribution in [2.45, 2.75) is 31.8 Å². The summed E-state index contributed by atoms with van der Waals surface area (Å²) < 4.78 is 0. The van der Waals surface area contributed by atoms with Gasteiger partial charge in [-0.3, -0.25) is 20.1 Å². The van der Waals surface area contributed by atoms with Crippen LogP contribution in [0.3, 0.4) is 0 Å². The first-order valence-electron chi connectivity index (χ1n) is 9.06. The van der Waals surface area contributed by atoms with E-state index in [1.807, 2.05) is 48.5 Å². The van der Waals surface area contributed by atoms with E-state index in [0.717, 1.165) is 23.1 Å². The lowest BCUT2D eigenvalue weighted by Gasteiger charge is -2.33. The van der Waals surface area contributed by atoms with Crippen LogP contribution < -0.4 is 11.1 Å². The molecule has 0 saturated heterocycles. The van der Waals surface area contributed by atoms with Gasteiger partial charge in [0.15, 0.2) is 0 Å². The summed E-state index contributed by atoms with van der Waals surface area (Å²) in [5, 5.41) is 3.41. The molecule has 138 valence electrons. The summed E-state index contributed by atoms with van der Waals surface area (Å²) in [7, 11) is 0. The molecule has 0 spiro atoms. The highest BCUT2D eigenvalue weighted by molar-refractivity contribution is 5.86. The molecule has 3 rings (SSSR count). The van der Waals surface area contributed by atoms with Gasteiger partial charge in [0.2, 0.25) is 5.91 Å². The standard InChI is InChI=1S/C22H24N4O/c1-2-17-7-9-20(10-8-17)22(21(23)27,13-18-5-3-11-24-14-18)26-16-19-6-4-12-25-15-19/h3-12,14-15,26H,2,13,16H2,1H3,(H2,23,27). The highest BCUT2D eigenvalue weighted by Crippen LogP contribution is 2.27. The van der Waals surface area contributed by atoms with Crippen molar-refractivity contribution in [1.29, 1.82) is 0 Å². The normalized spacial score (nSPS) is 13.1. The molecular weight excluding hydrogens is 336 g/mol. The quantitative estimate of drug-likeness (QED) is 0.647. The maximum Gasteiger partial charge on any atom is 0.242 e. The third kappa shape index (κ3) is 4.38. The summed E-state index contributed by atoms with van der Waals surface area (Å²) in [6.07, 6.45) is 8.35. The van der Waals surface area contributed by atoms with Crippen molar-refractivity contribution in [1.82, 2.24) is 15.3 Å². The monoisotopic (exact) mass is 360 g/mol. The Hall–Kier alpha value is -3.05. The number of amides is 1. The second-order valence-corrected chi connectivity index (χ2v) is 6.57. The number of carbonyl (C=O) groups is 1. The molecular formula is C22H24N4O. The fourth-order valence-corrected chi connectivity index (χ4v) is 3.17. The van der Waals surface area contributed by atoms with E-state index < -0.39 is 11.4 Å². The molecule has 1 amide bonds. The number of hydrogen-bond acceptors (Lipinski definition) is 4. The van der Waals surface area contributed by atoms with Crippen molar-refractivity contribution in [3.8, 4) is 0 Å². The molecule has 1 atom stereocenters. The first kappa shape index (κ1) is 18.7. The molecule has 2 heterocycles. The zero-order chi connectivity index (χ0) is 19.1.